The number of aliphatic hydroxyl groups excluding tert-OH is 1. The van der Waals surface area contributed by atoms with Crippen molar-refractivity contribution in [3.63, 3.8) is 0 Å². The highest BCUT2D eigenvalue weighted by atomic mass is 16.3. The first-order valence-corrected chi connectivity index (χ1v) is 3.59. The zero-order chi connectivity index (χ0) is 7.40. The molecule has 0 unspecified atom stereocenters. The predicted octanol–water partition coefficient (Wildman–Crippen LogP) is -0.0367. The van der Waals surface area contributed by atoms with E-state index in [0.717, 1.165) is 26.2 Å². The van der Waals surface area contributed by atoms with Crippen LogP contribution in [0.4, 0.5) is 0 Å². The number of piperazine rings is 1. The van der Waals surface area contributed by atoms with Gasteiger partial charge in [-0.15, -0.1) is 0 Å². The Labute approximate surface area is 61.3 Å². The van der Waals surface area contributed by atoms with E-state index in [1.807, 2.05) is 0 Å². The van der Waals surface area contributed by atoms with E-state index in [1.54, 1.807) is 0 Å². The minimum atomic E-state index is 0.266. The van der Waals surface area contributed by atoms with E-state index in [0.29, 0.717) is 6.54 Å². The van der Waals surface area contributed by atoms with E-state index in [-0.39, 0.29) is 5.76 Å². The van der Waals surface area contributed by atoms with Crippen LogP contribution in [0, 0.1) is 0 Å². The third kappa shape index (κ3) is 2.37. The summed E-state index contributed by atoms with van der Waals surface area (Å²) in [5, 5.41) is 12.1. The predicted molar refractivity (Wildman–Crippen MR) is 41.1 cm³/mol. The van der Waals surface area contributed by atoms with Gasteiger partial charge in [-0.25, -0.2) is 0 Å². The van der Waals surface area contributed by atoms with Gasteiger partial charge in [0, 0.05) is 26.2 Å². The average molecular weight is 142 g/mol. The average Bonchev–Trinajstić information content (AvgIpc) is 1.88. The number of nitrogens with one attached hydrogen (secondary N) is 1. The first kappa shape index (κ1) is 7.57. The van der Waals surface area contributed by atoms with Gasteiger partial charge in [0.05, 0.1) is 12.3 Å². The van der Waals surface area contributed by atoms with E-state index in [2.05, 4.69) is 16.8 Å². The van der Waals surface area contributed by atoms with Crippen LogP contribution in [0.1, 0.15) is 0 Å². The number of nitrogens with zero attached hydrogens (tertiary/aromatic N) is 1. The lowest BCUT2D eigenvalue weighted by atomic mass is 10.3. The van der Waals surface area contributed by atoms with Gasteiger partial charge >= 0.3 is 0 Å². The summed E-state index contributed by atoms with van der Waals surface area (Å²) in [5.74, 6) is 0.266. The smallest absolute Gasteiger partial charge is 0.0991 e. The summed E-state index contributed by atoms with van der Waals surface area (Å²) in [6.45, 7) is 8.14. The molecule has 0 bridgehead atoms. The van der Waals surface area contributed by atoms with E-state index in [1.165, 1.54) is 0 Å². The Morgan fingerprint density at radius 2 is 2.10 bits per heavy atom. The zero-order valence-corrected chi connectivity index (χ0v) is 6.14. The molecule has 1 aliphatic rings. The third-order valence-corrected chi connectivity index (χ3v) is 1.62. The van der Waals surface area contributed by atoms with Gasteiger partial charge in [0.15, 0.2) is 0 Å². The van der Waals surface area contributed by atoms with Crippen LogP contribution in [0.2, 0.25) is 0 Å². The number of hydrogen-bond acceptors (Lipinski definition) is 3. The molecule has 3 heteroatoms. The molecule has 3 nitrogen and oxygen atoms in total. The van der Waals surface area contributed by atoms with Gasteiger partial charge in [0.2, 0.25) is 0 Å². The molecule has 1 aliphatic heterocycles. The fourth-order valence-corrected chi connectivity index (χ4v) is 1.13. The van der Waals surface area contributed by atoms with Gasteiger partial charge in [0.1, 0.15) is 0 Å². The summed E-state index contributed by atoms with van der Waals surface area (Å²) >= 11 is 0. The molecular weight excluding hydrogens is 128 g/mol. The van der Waals surface area contributed by atoms with Crippen molar-refractivity contribution in [3.05, 3.63) is 12.3 Å². The van der Waals surface area contributed by atoms with Crippen LogP contribution in [-0.2, 0) is 0 Å². The van der Waals surface area contributed by atoms with Crippen molar-refractivity contribution in [2.45, 2.75) is 0 Å². The van der Waals surface area contributed by atoms with Crippen LogP contribution in [0.25, 0.3) is 0 Å². The van der Waals surface area contributed by atoms with Crippen molar-refractivity contribution in [1.29, 1.82) is 0 Å². The largest absolute Gasteiger partial charge is 0.512 e. The summed E-state index contributed by atoms with van der Waals surface area (Å²) in [4.78, 5) is 2.18. The van der Waals surface area contributed by atoms with Crippen molar-refractivity contribution in [2.75, 3.05) is 32.7 Å². The molecule has 1 saturated heterocycles. The van der Waals surface area contributed by atoms with Crippen LogP contribution in [0.3, 0.4) is 0 Å². The molecule has 0 aromatic carbocycles. The lowest BCUT2D eigenvalue weighted by molar-refractivity contribution is 0.225. The molecule has 1 fully saturated rings. The fourth-order valence-electron chi connectivity index (χ4n) is 1.13. The van der Waals surface area contributed by atoms with Crippen LogP contribution >= 0.6 is 0 Å². The second-order valence-corrected chi connectivity index (χ2v) is 2.59. The van der Waals surface area contributed by atoms with E-state index in [9.17, 15) is 0 Å². The van der Waals surface area contributed by atoms with E-state index >= 15 is 0 Å². The highest BCUT2D eigenvalue weighted by molar-refractivity contribution is 4.85. The molecule has 0 aromatic heterocycles. The molecule has 58 valence electrons. The molecule has 2 N–H and O–H groups in total. The Morgan fingerprint density at radius 1 is 1.50 bits per heavy atom. The number of rotatable bonds is 2. The monoisotopic (exact) mass is 142 g/mol. The van der Waals surface area contributed by atoms with Crippen molar-refractivity contribution in [1.82, 2.24) is 10.2 Å². The quantitative estimate of drug-likeness (QED) is 0.531. The van der Waals surface area contributed by atoms with Gasteiger partial charge in [-0.2, -0.15) is 0 Å². The Kier molecular flexibility index (Phi) is 2.71. The molecular formula is C7H14N2O. The molecule has 0 radical (unpaired) electrons. The molecule has 0 saturated carbocycles. The summed E-state index contributed by atoms with van der Waals surface area (Å²) in [7, 11) is 0. The normalized spacial score (nSPS) is 20.8. The van der Waals surface area contributed by atoms with E-state index < -0.39 is 0 Å². The Balaban J connectivity index is 2.19. The van der Waals surface area contributed by atoms with E-state index in [4.69, 9.17) is 5.11 Å². The van der Waals surface area contributed by atoms with Crippen LogP contribution in [-0.4, -0.2) is 42.7 Å². The SMILES string of the molecule is C=C(O)CN1CCNCC1. The lowest BCUT2D eigenvalue weighted by Gasteiger charge is -2.26. The molecule has 0 atom stereocenters. The summed E-state index contributed by atoms with van der Waals surface area (Å²) in [6.07, 6.45) is 0. The van der Waals surface area contributed by atoms with Gasteiger partial charge in [-0.1, -0.05) is 6.58 Å². The molecule has 1 rings (SSSR count). The molecule has 10 heavy (non-hydrogen) atoms. The van der Waals surface area contributed by atoms with Crippen molar-refractivity contribution < 1.29 is 5.11 Å². The molecule has 1 heterocycles. The number of hydrogen-bond donors (Lipinski definition) is 2. The van der Waals surface area contributed by atoms with Gasteiger partial charge < -0.3 is 10.4 Å². The summed E-state index contributed by atoms with van der Waals surface area (Å²) in [5.41, 5.74) is 0. The minimum Gasteiger partial charge on any atom is -0.512 e. The minimum absolute atomic E-state index is 0.266. The first-order valence-electron chi connectivity index (χ1n) is 3.59. The van der Waals surface area contributed by atoms with Gasteiger partial charge in [0.25, 0.3) is 0 Å². The van der Waals surface area contributed by atoms with Crippen molar-refractivity contribution in [3.8, 4) is 0 Å². The molecule has 0 aliphatic carbocycles. The Hall–Kier alpha value is -0.540. The second kappa shape index (κ2) is 3.58. The van der Waals surface area contributed by atoms with Crippen molar-refractivity contribution >= 4 is 0 Å². The molecule has 0 spiro atoms. The van der Waals surface area contributed by atoms with Crippen LogP contribution < -0.4 is 5.32 Å². The maximum Gasteiger partial charge on any atom is 0.0991 e. The standard InChI is InChI=1S/C7H14N2O/c1-7(10)6-9-4-2-8-3-5-9/h8,10H,1-6H2. The van der Waals surface area contributed by atoms with Crippen LogP contribution in [0.5, 0.6) is 0 Å². The zero-order valence-electron chi connectivity index (χ0n) is 6.14. The third-order valence-electron chi connectivity index (χ3n) is 1.62. The topological polar surface area (TPSA) is 35.5 Å². The Morgan fingerprint density at radius 3 is 2.60 bits per heavy atom. The maximum absolute atomic E-state index is 8.85. The maximum atomic E-state index is 8.85. The number of aliphatic hydroxyl groups is 1. The van der Waals surface area contributed by atoms with Gasteiger partial charge in [-0.05, 0) is 0 Å². The summed E-state index contributed by atoms with van der Waals surface area (Å²) in [6, 6.07) is 0. The lowest BCUT2D eigenvalue weighted by Crippen LogP contribution is -2.44. The first-order chi connectivity index (χ1) is 4.79. The summed E-state index contributed by atoms with van der Waals surface area (Å²) < 4.78 is 0. The highest BCUT2D eigenvalue weighted by Crippen LogP contribution is 1.94. The molecule has 0 aromatic rings. The Bertz CT molecular complexity index is 119. The highest BCUT2D eigenvalue weighted by Gasteiger charge is 2.08. The molecule has 0 amide bonds. The van der Waals surface area contributed by atoms with Crippen molar-refractivity contribution in [2.24, 2.45) is 0 Å². The van der Waals surface area contributed by atoms with Crippen LogP contribution in [0.15, 0.2) is 12.3 Å². The second-order valence-electron chi connectivity index (χ2n) is 2.59. The fraction of sp³-hybridized carbons (Fsp3) is 0.714. The van der Waals surface area contributed by atoms with Gasteiger partial charge in [-0.3, -0.25) is 4.90 Å².